The highest BCUT2D eigenvalue weighted by molar-refractivity contribution is 7.92. The van der Waals surface area contributed by atoms with Gasteiger partial charge in [-0.15, -0.1) is 11.3 Å². The number of aromatic nitrogens is 1. The number of nitrogens with two attached hydrogens (primary N) is 1. The van der Waals surface area contributed by atoms with E-state index in [-0.39, 0.29) is 11.3 Å². The Labute approximate surface area is 165 Å². The molecular formula is C19H23N3O3S2. The van der Waals surface area contributed by atoms with Crippen LogP contribution in [0.3, 0.4) is 0 Å². The number of anilines is 1. The third-order valence-corrected chi connectivity index (χ3v) is 8.28. The van der Waals surface area contributed by atoms with Gasteiger partial charge in [0, 0.05) is 48.3 Å². The second-order valence-electron chi connectivity index (χ2n) is 7.31. The Kier molecular flexibility index (Phi) is 5.29. The number of hydrogen-bond acceptors (Lipinski definition) is 5. The maximum Gasteiger partial charge on any atom is 0.404 e. The average Bonchev–Trinajstić information content (AvgIpc) is 3.38. The van der Waals surface area contributed by atoms with Gasteiger partial charge in [0.05, 0.1) is 9.88 Å². The Bertz CT molecular complexity index is 829. The van der Waals surface area contributed by atoms with Crippen LogP contribution in [0.2, 0.25) is 0 Å². The minimum atomic E-state index is -1.02. The van der Waals surface area contributed by atoms with Crippen LogP contribution in [-0.4, -0.2) is 32.0 Å². The first-order valence-electron chi connectivity index (χ1n) is 9.27. The maximum atomic E-state index is 12.8. The summed E-state index contributed by atoms with van der Waals surface area (Å²) in [5.41, 5.74) is 7.55. The van der Waals surface area contributed by atoms with Gasteiger partial charge in [-0.25, -0.2) is 9.78 Å². The van der Waals surface area contributed by atoms with Crippen LogP contribution in [0.5, 0.6) is 0 Å². The molecule has 0 bridgehead atoms. The zero-order valence-corrected chi connectivity index (χ0v) is 16.5. The second kappa shape index (κ2) is 7.69. The molecule has 2 saturated carbocycles. The first-order chi connectivity index (χ1) is 13.0. The highest BCUT2D eigenvalue weighted by atomic mass is 32.2. The average molecular weight is 406 g/mol. The predicted octanol–water partition coefficient (Wildman–Crippen LogP) is 3.96. The van der Waals surface area contributed by atoms with Crippen LogP contribution in [0, 0.1) is 0 Å². The van der Waals surface area contributed by atoms with Gasteiger partial charge in [-0.1, -0.05) is 0 Å². The lowest BCUT2D eigenvalue weighted by molar-refractivity contribution is 0.185. The number of nitrogens with one attached hydrogen (secondary N) is 1. The summed E-state index contributed by atoms with van der Waals surface area (Å²) in [6.07, 6.45) is 6.50. The van der Waals surface area contributed by atoms with Crippen molar-refractivity contribution in [3.05, 3.63) is 29.4 Å². The second-order valence-corrected chi connectivity index (χ2v) is 10.1. The molecule has 1 heterocycles. The summed E-state index contributed by atoms with van der Waals surface area (Å²) in [6, 6.07) is 5.69. The smallest absolute Gasteiger partial charge is 0.404 e. The van der Waals surface area contributed by atoms with Gasteiger partial charge in [-0.3, -0.25) is 0 Å². The van der Waals surface area contributed by atoms with Crippen LogP contribution in [-0.2, 0) is 11.2 Å². The SMILES string of the molecule is Nc1ccc(-c2cnc(C3CCC(NC(=O)O)CC3)s2)c([S+]([O-])C2CC2)c1. The zero-order chi connectivity index (χ0) is 19.0. The van der Waals surface area contributed by atoms with Crippen molar-refractivity contribution in [2.45, 2.75) is 60.6 Å². The first kappa shape index (κ1) is 18.6. The van der Waals surface area contributed by atoms with Crippen molar-refractivity contribution >= 4 is 34.3 Å². The lowest BCUT2D eigenvalue weighted by Gasteiger charge is -2.27. The fourth-order valence-corrected chi connectivity index (χ4v) is 6.39. The number of nitrogens with zero attached hydrogens (tertiary/aromatic N) is 1. The van der Waals surface area contributed by atoms with E-state index in [4.69, 9.17) is 10.8 Å². The first-order valence-corrected chi connectivity index (χ1v) is 11.3. The molecule has 2 aliphatic rings. The van der Waals surface area contributed by atoms with Gasteiger partial charge in [0.25, 0.3) is 0 Å². The Morgan fingerprint density at radius 3 is 2.67 bits per heavy atom. The van der Waals surface area contributed by atoms with E-state index in [1.54, 1.807) is 11.3 Å². The molecule has 4 N–H and O–H groups in total. The quantitative estimate of drug-likeness (QED) is 0.515. The van der Waals surface area contributed by atoms with E-state index in [0.29, 0.717) is 11.6 Å². The molecule has 144 valence electrons. The largest absolute Gasteiger partial charge is 0.611 e. The molecule has 0 saturated heterocycles. The Morgan fingerprint density at radius 2 is 2.00 bits per heavy atom. The van der Waals surface area contributed by atoms with Crippen molar-refractivity contribution in [2.75, 3.05) is 5.73 Å². The topological polar surface area (TPSA) is 111 Å². The molecule has 27 heavy (non-hydrogen) atoms. The van der Waals surface area contributed by atoms with Crippen LogP contribution in [0.1, 0.15) is 49.5 Å². The standard InChI is InChI=1S/C19H23N3O3S2/c20-12-3-8-15(17(9-12)27(25)14-6-7-14)16-10-21-18(26-16)11-1-4-13(5-2-11)22-19(23)24/h3,8-11,13-14,22H,1-2,4-7,20H2,(H,23,24). The number of rotatable bonds is 5. The maximum absolute atomic E-state index is 12.8. The zero-order valence-electron chi connectivity index (χ0n) is 14.9. The molecule has 2 fully saturated rings. The third-order valence-electron chi connectivity index (χ3n) is 5.24. The van der Waals surface area contributed by atoms with E-state index in [1.165, 1.54) is 0 Å². The fraction of sp³-hybridized carbons (Fsp3) is 0.474. The summed E-state index contributed by atoms with van der Waals surface area (Å²) in [5, 5.41) is 12.8. The van der Waals surface area contributed by atoms with Gasteiger partial charge in [-0.05, 0) is 49.0 Å². The number of carbonyl (C=O) groups is 1. The van der Waals surface area contributed by atoms with E-state index in [2.05, 4.69) is 10.3 Å². The van der Waals surface area contributed by atoms with Crippen LogP contribution < -0.4 is 11.1 Å². The molecule has 2 aromatic rings. The van der Waals surface area contributed by atoms with Crippen LogP contribution in [0.15, 0.2) is 29.3 Å². The lowest BCUT2D eigenvalue weighted by Crippen LogP contribution is -2.36. The van der Waals surface area contributed by atoms with Crippen molar-refractivity contribution in [2.24, 2.45) is 0 Å². The van der Waals surface area contributed by atoms with Gasteiger partial charge in [0.2, 0.25) is 0 Å². The number of amides is 1. The molecular weight excluding hydrogens is 382 g/mol. The minimum Gasteiger partial charge on any atom is -0.611 e. The predicted molar refractivity (Wildman–Crippen MR) is 108 cm³/mol. The molecule has 1 amide bonds. The lowest BCUT2D eigenvalue weighted by atomic mass is 9.86. The highest BCUT2D eigenvalue weighted by Gasteiger charge is 2.37. The molecule has 0 radical (unpaired) electrons. The summed E-state index contributed by atoms with van der Waals surface area (Å²) in [6.45, 7) is 0. The van der Waals surface area contributed by atoms with Gasteiger partial charge in [0.1, 0.15) is 5.25 Å². The van der Waals surface area contributed by atoms with E-state index >= 15 is 0 Å². The molecule has 0 spiro atoms. The van der Waals surface area contributed by atoms with Crippen molar-refractivity contribution in [1.29, 1.82) is 0 Å². The Morgan fingerprint density at radius 1 is 1.26 bits per heavy atom. The van der Waals surface area contributed by atoms with Gasteiger partial charge in [-0.2, -0.15) is 0 Å². The minimum absolute atomic E-state index is 0.0443. The molecule has 1 atom stereocenters. The summed E-state index contributed by atoms with van der Waals surface area (Å²) in [7, 11) is 0. The van der Waals surface area contributed by atoms with Crippen LogP contribution in [0.25, 0.3) is 10.4 Å². The Hall–Kier alpha value is -1.77. The molecule has 8 heteroatoms. The number of carboxylic acid groups (broad SMARTS) is 1. The van der Waals surface area contributed by atoms with Gasteiger partial charge >= 0.3 is 6.09 Å². The molecule has 1 aromatic carbocycles. The molecule has 2 aliphatic carbocycles. The van der Waals surface area contributed by atoms with Crippen LogP contribution >= 0.6 is 11.3 Å². The number of benzene rings is 1. The summed E-state index contributed by atoms with van der Waals surface area (Å²) >= 11 is 0.637. The van der Waals surface area contributed by atoms with Crippen molar-refractivity contribution in [3.63, 3.8) is 0 Å². The molecule has 4 rings (SSSR count). The van der Waals surface area contributed by atoms with E-state index < -0.39 is 17.3 Å². The van der Waals surface area contributed by atoms with Gasteiger partial charge in [0.15, 0.2) is 4.90 Å². The van der Waals surface area contributed by atoms with E-state index in [0.717, 1.165) is 58.9 Å². The third kappa shape index (κ3) is 4.23. The molecule has 1 aromatic heterocycles. The van der Waals surface area contributed by atoms with Crippen LogP contribution in [0.4, 0.5) is 10.5 Å². The summed E-state index contributed by atoms with van der Waals surface area (Å²) in [5.74, 6) is 0.363. The van der Waals surface area contributed by atoms with Crippen molar-refractivity contribution in [1.82, 2.24) is 10.3 Å². The summed E-state index contributed by atoms with van der Waals surface area (Å²) < 4.78 is 12.8. The van der Waals surface area contributed by atoms with E-state index in [9.17, 15) is 9.35 Å². The Balaban J connectivity index is 1.51. The molecule has 0 aliphatic heterocycles. The van der Waals surface area contributed by atoms with E-state index in [1.807, 2.05) is 24.4 Å². The molecule has 1 unspecified atom stereocenters. The monoisotopic (exact) mass is 405 g/mol. The number of hydrogen-bond donors (Lipinski definition) is 3. The van der Waals surface area contributed by atoms with Gasteiger partial charge < -0.3 is 20.7 Å². The number of nitrogen functional groups attached to an aromatic ring is 1. The molecule has 6 nitrogen and oxygen atoms in total. The normalized spacial score (nSPS) is 23.7. The van der Waals surface area contributed by atoms with Crippen molar-refractivity contribution < 1.29 is 14.5 Å². The summed E-state index contributed by atoms with van der Waals surface area (Å²) in [4.78, 5) is 17.3. The number of thiazole rings is 1. The highest BCUT2D eigenvalue weighted by Crippen LogP contribution is 2.42. The van der Waals surface area contributed by atoms with Crippen molar-refractivity contribution in [3.8, 4) is 10.4 Å². The fourth-order valence-electron chi connectivity index (χ4n) is 3.63.